The lowest BCUT2D eigenvalue weighted by atomic mass is 10.1. The minimum atomic E-state index is 0.762. The van der Waals surface area contributed by atoms with Gasteiger partial charge in [0.2, 0.25) is 0 Å². The third-order valence-electron chi connectivity index (χ3n) is 3.07. The Bertz CT molecular complexity index is 153. The molecule has 1 saturated heterocycles. The summed E-state index contributed by atoms with van der Waals surface area (Å²) in [6, 6.07) is 0. The van der Waals surface area contributed by atoms with Gasteiger partial charge in [0.05, 0.1) is 6.61 Å². The van der Waals surface area contributed by atoms with Crippen molar-refractivity contribution in [1.29, 1.82) is 0 Å². The van der Waals surface area contributed by atoms with Crippen molar-refractivity contribution in [2.24, 2.45) is 11.8 Å². The van der Waals surface area contributed by atoms with E-state index in [2.05, 4.69) is 10.6 Å². The van der Waals surface area contributed by atoms with E-state index in [1.165, 1.54) is 25.8 Å². The van der Waals surface area contributed by atoms with E-state index in [-0.39, 0.29) is 0 Å². The molecular formula is C11H22N2O. The summed E-state index contributed by atoms with van der Waals surface area (Å²) in [4.78, 5) is 0. The summed E-state index contributed by atoms with van der Waals surface area (Å²) < 4.78 is 5.32. The predicted octanol–water partition coefficient (Wildman–Crippen LogP) is 0.612. The van der Waals surface area contributed by atoms with Gasteiger partial charge in [-0.25, -0.2) is 0 Å². The summed E-state index contributed by atoms with van der Waals surface area (Å²) in [5, 5.41) is 6.96. The van der Waals surface area contributed by atoms with Crippen LogP contribution in [0.3, 0.4) is 0 Å². The van der Waals surface area contributed by atoms with Crippen LogP contribution in [0.2, 0.25) is 0 Å². The summed E-state index contributed by atoms with van der Waals surface area (Å²) in [7, 11) is 0. The molecule has 1 unspecified atom stereocenters. The van der Waals surface area contributed by atoms with Gasteiger partial charge in [-0.2, -0.15) is 0 Å². The highest BCUT2D eigenvalue weighted by atomic mass is 16.5. The van der Waals surface area contributed by atoms with Gasteiger partial charge >= 0.3 is 0 Å². The van der Waals surface area contributed by atoms with E-state index in [4.69, 9.17) is 4.74 Å². The van der Waals surface area contributed by atoms with E-state index in [0.29, 0.717) is 0 Å². The molecule has 82 valence electrons. The second kappa shape index (κ2) is 5.69. The Morgan fingerprint density at radius 1 is 0.929 bits per heavy atom. The van der Waals surface area contributed by atoms with Crippen LogP contribution in [0.15, 0.2) is 0 Å². The van der Waals surface area contributed by atoms with Gasteiger partial charge in [0.25, 0.3) is 0 Å². The molecule has 0 spiro atoms. The van der Waals surface area contributed by atoms with Crippen LogP contribution in [0, 0.1) is 11.8 Å². The van der Waals surface area contributed by atoms with Crippen molar-refractivity contribution in [3.63, 3.8) is 0 Å². The molecule has 1 aliphatic heterocycles. The Morgan fingerprint density at radius 2 is 1.64 bits per heavy atom. The van der Waals surface area contributed by atoms with E-state index < -0.39 is 0 Å². The molecule has 1 atom stereocenters. The molecule has 3 nitrogen and oxygen atoms in total. The maximum absolute atomic E-state index is 5.32. The Labute approximate surface area is 86.6 Å². The first-order chi connectivity index (χ1) is 6.95. The fourth-order valence-electron chi connectivity index (χ4n) is 1.86. The average Bonchev–Trinajstić information content (AvgIpc) is 2.87. The second-order valence-electron chi connectivity index (χ2n) is 4.58. The molecular weight excluding hydrogens is 176 g/mol. The highest BCUT2D eigenvalue weighted by Gasteiger charge is 2.20. The van der Waals surface area contributed by atoms with Crippen LogP contribution in [0.4, 0.5) is 0 Å². The van der Waals surface area contributed by atoms with Crippen LogP contribution in [0.1, 0.15) is 19.3 Å². The highest BCUT2D eigenvalue weighted by Crippen LogP contribution is 2.27. The molecule has 2 aliphatic rings. The molecule has 0 aromatic rings. The lowest BCUT2D eigenvalue weighted by molar-refractivity contribution is 0.185. The minimum Gasteiger partial charge on any atom is -0.381 e. The number of ether oxygens (including phenoxy) is 1. The van der Waals surface area contributed by atoms with E-state index in [1.54, 1.807) is 0 Å². The molecule has 2 fully saturated rings. The van der Waals surface area contributed by atoms with Crippen LogP contribution >= 0.6 is 0 Å². The number of hydrogen-bond donors (Lipinski definition) is 2. The van der Waals surface area contributed by atoms with Gasteiger partial charge in [-0.15, -0.1) is 0 Å². The van der Waals surface area contributed by atoms with Crippen LogP contribution in [0.25, 0.3) is 0 Å². The van der Waals surface area contributed by atoms with Crippen molar-refractivity contribution < 1.29 is 4.74 Å². The third kappa shape index (κ3) is 3.95. The fourth-order valence-corrected chi connectivity index (χ4v) is 1.86. The van der Waals surface area contributed by atoms with Gasteiger partial charge in [-0.05, 0) is 37.6 Å². The smallest absolute Gasteiger partial charge is 0.0507 e. The van der Waals surface area contributed by atoms with Crippen molar-refractivity contribution in [2.75, 3.05) is 39.4 Å². The van der Waals surface area contributed by atoms with E-state index in [1.807, 2.05) is 0 Å². The maximum Gasteiger partial charge on any atom is 0.0507 e. The quantitative estimate of drug-likeness (QED) is 0.588. The number of hydrogen-bond acceptors (Lipinski definition) is 3. The zero-order chi connectivity index (χ0) is 9.64. The zero-order valence-electron chi connectivity index (χ0n) is 8.93. The van der Waals surface area contributed by atoms with Gasteiger partial charge in [0, 0.05) is 26.2 Å². The van der Waals surface area contributed by atoms with E-state index in [9.17, 15) is 0 Å². The van der Waals surface area contributed by atoms with Crippen molar-refractivity contribution in [3.05, 3.63) is 0 Å². The van der Waals surface area contributed by atoms with Crippen LogP contribution in [-0.2, 0) is 4.74 Å². The highest BCUT2D eigenvalue weighted by molar-refractivity contribution is 4.75. The molecule has 0 radical (unpaired) electrons. The van der Waals surface area contributed by atoms with Crippen molar-refractivity contribution in [2.45, 2.75) is 19.3 Å². The van der Waals surface area contributed by atoms with Crippen molar-refractivity contribution in [3.8, 4) is 0 Å². The van der Waals surface area contributed by atoms with Gasteiger partial charge < -0.3 is 15.4 Å². The lowest BCUT2D eigenvalue weighted by Gasteiger charge is -2.09. The lowest BCUT2D eigenvalue weighted by Crippen LogP contribution is -2.31. The van der Waals surface area contributed by atoms with Crippen molar-refractivity contribution >= 4 is 0 Å². The molecule has 1 heterocycles. The summed E-state index contributed by atoms with van der Waals surface area (Å²) >= 11 is 0. The van der Waals surface area contributed by atoms with Crippen molar-refractivity contribution in [1.82, 2.24) is 10.6 Å². The Morgan fingerprint density at radius 3 is 2.21 bits per heavy atom. The second-order valence-corrected chi connectivity index (χ2v) is 4.58. The molecule has 1 saturated carbocycles. The molecule has 2 N–H and O–H groups in total. The molecule has 3 heteroatoms. The summed E-state index contributed by atoms with van der Waals surface area (Å²) in [5.41, 5.74) is 0. The van der Waals surface area contributed by atoms with Crippen LogP contribution < -0.4 is 10.6 Å². The number of rotatable bonds is 7. The fraction of sp³-hybridized carbons (Fsp3) is 1.00. The van der Waals surface area contributed by atoms with Crippen LogP contribution in [0.5, 0.6) is 0 Å². The monoisotopic (exact) mass is 198 g/mol. The molecule has 14 heavy (non-hydrogen) atoms. The molecule has 2 rings (SSSR count). The Balaban J connectivity index is 1.35. The standard InChI is InChI=1S/C11H22N2O/c1-2-10(1)7-12-4-5-13-8-11-3-6-14-9-11/h10-13H,1-9H2. The third-order valence-corrected chi connectivity index (χ3v) is 3.07. The molecule has 0 aromatic heterocycles. The van der Waals surface area contributed by atoms with Gasteiger partial charge in [-0.3, -0.25) is 0 Å². The van der Waals surface area contributed by atoms with E-state index >= 15 is 0 Å². The molecule has 0 bridgehead atoms. The average molecular weight is 198 g/mol. The molecule has 1 aliphatic carbocycles. The topological polar surface area (TPSA) is 33.3 Å². The summed E-state index contributed by atoms with van der Waals surface area (Å²) in [6.07, 6.45) is 4.13. The summed E-state index contributed by atoms with van der Waals surface area (Å²) in [5.74, 6) is 1.76. The normalized spacial score (nSPS) is 27.0. The SMILES string of the molecule is C(CNCC1CCOC1)NCC1CC1. The summed E-state index contributed by atoms with van der Waals surface area (Å²) in [6.45, 7) is 6.50. The minimum absolute atomic E-state index is 0.762. The predicted molar refractivity (Wildman–Crippen MR) is 57.4 cm³/mol. The largest absolute Gasteiger partial charge is 0.381 e. The van der Waals surface area contributed by atoms with E-state index in [0.717, 1.165) is 44.7 Å². The molecule has 0 aromatic carbocycles. The Kier molecular flexibility index (Phi) is 4.22. The molecule has 0 amide bonds. The first-order valence-electron chi connectivity index (χ1n) is 5.94. The van der Waals surface area contributed by atoms with Gasteiger partial charge in [0.15, 0.2) is 0 Å². The van der Waals surface area contributed by atoms with Crippen LogP contribution in [-0.4, -0.2) is 39.4 Å². The van der Waals surface area contributed by atoms with Gasteiger partial charge in [-0.1, -0.05) is 0 Å². The first-order valence-corrected chi connectivity index (χ1v) is 5.94. The maximum atomic E-state index is 5.32. The first kappa shape index (κ1) is 10.4. The van der Waals surface area contributed by atoms with Gasteiger partial charge in [0.1, 0.15) is 0 Å². The number of nitrogens with one attached hydrogen (secondary N) is 2. The Hall–Kier alpha value is -0.120. The zero-order valence-corrected chi connectivity index (χ0v) is 8.93.